The lowest BCUT2D eigenvalue weighted by Crippen LogP contribution is -2.35. The van der Waals surface area contributed by atoms with Gasteiger partial charge in [0.05, 0.1) is 0 Å². The van der Waals surface area contributed by atoms with Crippen LogP contribution in [0.1, 0.15) is 31.2 Å². The monoisotopic (exact) mass is 193 g/mol. The summed E-state index contributed by atoms with van der Waals surface area (Å²) in [6, 6.07) is 7.58. The van der Waals surface area contributed by atoms with Crippen LogP contribution in [0.2, 0.25) is 0 Å². The quantitative estimate of drug-likeness (QED) is 0.723. The van der Waals surface area contributed by atoms with E-state index in [2.05, 4.69) is 12.2 Å². The fourth-order valence-electron chi connectivity index (χ4n) is 2.04. The average Bonchev–Trinajstić information content (AvgIpc) is 2.19. The minimum Gasteiger partial charge on any atom is -0.314 e. The van der Waals surface area contributed by atoms with Crippen molar-refractivity contribution in [1.29, 1.82) is 0 Å². The van der Waals surface area contributed by atoms with E-state index >= 15 is 0 Å². The molecule has 0 saturated carbocycles. The Morgan fingerprint density at radius 1 is 1.36 bits per heavy atom. The van der Waals surface area contributed by atoms with E-state index in [0.29, 0.717) is 12.0 Å². The molecule has 0 spiro atoms. The second kappa shape index (κ2) is 4.09. The van der Waals surface area contributed by atoms with Gasteiger partial charge in [0.2, 0.25) is 0 Å². The molecular weight excluding hydrogens is 177 g/mol. The van der Waals surface area contributed by atoms with Crippen molar-refractivity contribution in [3.05, 3.63) is 35.6 Å². The zero-order chi connectivity index (χ0) is 9.97. The van der Waals surface area contributed by atoms with Crippen LogP contribution in [0, 0.1) is 5.82 Å². The van der Waals surface area contributed by atoms with Crippen LogP contribution in [0.15, 0.2) is 24.3 Å². The molecule has 76 valence electrons. The van der Waals surface area contributed by atoms with Crippen LogP contribution < -0.4 is 5.32 Å². The van der Waals surface area contributed by atoms with Crippen molar-refractivity contribution < 1.29 is 4.39 Å². The lowest BCUT2D eigenvalue weighted by Gasteiger charge is -2.27. The maximum Gasteiger partial charge on any atom is 0.123 e. The molecule has 14 heavy (non-hydrogen) atoms. The van der Waals surface area contributed by atoms with Crippen molar-refractivity contribution in [3.8, 4) is 0 Å². The average molecular weight is 193 g/mol. The number of benzene rings is 1. The van der Waals surface area contributed by atoms with Gasteiger partial charge >= 0.3 is 0 Å². The molecule has 1 nitrogen and oxygen atoms in total. The first kappa shape index (κ1) is 9.66. The Morgan fingerprint density at radius 3 is 2.86 bits per heavy atom. The third kappa shape index (κ3) is 2.13. The summed E-state index contributed by atoms with van der Waals surface area (Å²) in [7, 11) is 0. The van der Waals surface area contributed by atoms with E-state index in [1.807, 2.05) is 6.07 Å². The molecule has 2 rings (SSSR count). The fraction of sp³-hybridized carbons (Fsp3) is 0.500. The molecule has 1 aromatic rings. The highest BCUT2D eigenvalue weighted by atomic mass is 19.1. The predicted octanol–water partition coefficient (Wildman–Crippen LogP) is 2.68. The van der Waals surface area contributed by atoms with E-state index in [1.165, 1.54) is 12.5 Å². The number of halogens is 1. The van der Waals surface area contributed by atoms with E-state index in [1.54, 1.807) is 12.1 Å². The van der Waals surface area contributed by atoms with Crippen molar-refractivity contribution >= 4 is 0 Å². The molecule has 1 N–H and O–H groups in total. The number of hydrogen-bond donors (Lipinski definition) is 1. The topological polar surface area (TPSA) is 12.0 Å². The minimum absolute atomic E-state index is 0.124. The van der Waals surface area contributed by atoms with Crippen molar-refractivity contribution in [3.63, 3.8) is 0 Å². The SMILES string of the molecule is CC1CCC(c2cccc(F)c2)CN1. The summed E-state index contributed by atoms with van der Waals surface area (Å²) in [5.74, 6) is 0.364. The molecule has 1 saturated heterocycles. The van der Waals surface area contributed by atoms with Crippen LogP contribution in [0.3, 0.4) is 0 Å². The largest absolute Gasteiger partial charge is 0.314 e. The molecule has 0 aromatic heterocycles. The summed E-state index contributed by atoms with van der Waals surface area (Å²) in [4.78, 5) is 0. The molecular formula is C12H16FN. The normalized spacial score (nSPS) is 27.6. The first-order valence-corrected chi connectivity index (χ1v) is 5.24. The molecule has 0 radical (unpaired) electrons. The van der Waals surface area contributed by atoms with Gasteiger partial charge in [-0.2, -0.15) is 0 Å². The third-order valence-electron chi connectivity index (χ3n) is 2.98. The number of piperidine rings is 1. The Morgan fingerprint density at radius 2 is 2.21 bits per heavy atom. The molecule has 1 aliphatic rings. The van der Waals surface area contributed by atoms with Gasteiger partial charge in [-0.3, -0.25) is 0 Å². The second-order valence-corrected chi connectivity index (χ2v) is 4.14. The molecule has 0 aliphatic carbocycles. The zero-order valence-electron chi connectivity index (χ0n) is 8.46. The van der Waals surface area contributed by atoms with Gasteiger partial charge in [-0.1, -0.05) is 12.1 Å². The van der Waals surface area contributed by atoms with Crippen molar-refractivity contribution in [2.75, 3.05) is 6.54 Å². The van der Waals surface area contributed by atoms with Gasteiger partial charge in [0.25, 0.3) is 0 Å². The Balaban J connectivity index is 2.08. The van der Waals surface area contributed by atoms with Crippen LogP contribution in [0.25, 0.3) is 0 Å². The highest BCUT2D eigenvalue weighted by Gasteiger charge is 2.18. The molecule has 0 bridgehead atoms. The van der Waals surface area contributed by atoms with E-state index in [0.717, 1.165) is 18.5 Å². The molecule has 2 heteroatoms. The lowest BCUT2D eigenvalue weighted by atomic mass is 9.89. The Bertz CT molecular complexity index is 303. The standard InChI is InChI=1S/C12H16FN/c1-9-5-6-11(8-14-9)10-3-2-4-12(13)7-10/h2-4,7,9,11,14H,5-6,8H2,1H3. The molecule has 1 aliphatic heterocycles. The minimum atomic E-state index is -0.124. The highest BCUT2D eigenvalue weighted by molar-refractivity contribution is 5.21. The number of rotatable bonds is 1. The highest BCUT2D eigenvalue weighted by Crippen LogP contribution is 2.25. The first-order chi connectivity index (χ1) is 6.75. The van der Waals surface area contributed by atoms with Crippen molar-refractivity contribution in [2.45, 2.75) is 31.7 Å². The molecule has 1 heterocycles. The summed E-state index contributed by atoms with van der Waals surface area (Å²) < 4.78 is 13.0. The Labute approximate surface area is 84.3 Å². The van der Waals surface area contributed by atoms with E-state index in [9.17, 15) is 4.39 Å². The molecule has 1 fully saturated rings. The Kier molecular flexibility index (Phi) is 2.82. The van der Waals surface area contributed by atoms with Crippen LogP contribution >= 0.6 is 0 Å². The summed E-state index contributed by atoms with van der Waals surface area (Å²) in [6.45, 7) is 3.17. The summed E-state index contributed by atoms with van der Waals surface area (Å²) in [5, 5.41) is 3.43. The van der Waals surface area contributed by atoms with E-state index in [-0.39, 0.29) is 5.82 Å². The van der Waals surface area contributed by atoms with Gasteiger partial charge in [-0.15, -0.1) is 0 Å². The molecule has 0 amide bonds. The molecule has 1 aromatic carbocycles. The molecule has 2 atom stereocenters. The third-order valence-corrected chi connectivity index (χ3v) is 2.98. The van der Waals surface area contributed by atoms with Crippen molar-refractivity contribution in [2.24, 2.45) is 0 Å². The smallest absolute Gasteiger partial charge is 0.123 e. The first-order valence-electron chi connectivity index (χ1n) is 5.24. The molecule has 2 unspecified atom stereocenters. The van der Waals surface area contributed by atoms with Gasteiger partial charge in [0.1, 0.15) is 5.82 Å². The fourth-order valence-corrected chi connectivity index (χ4v) is 2.04. The summed E-state index contributed by atoms with van der Waals surface area (Å²) >= 11 is 0. The van der Waals surface area contributed by atoms with Gasteiger partial charge in [0.15, 0.2) is 0 Å². The zero-order valence-corrected chi connectivity index (χ0v) is 8.46. The van der Waals surface area contributed by atoms with Crippen LogP contribution in [-0.2, 0) is 0 Å². The number of hydrogen-bond acceptors (Lipinski definition) is 1. The van der Waals surface area contributed by atoms with Crippen molar-refractivity contribution in [1.82, 2.24) is 5.32 Å². The van der Waals surface area contributed by atoms with E-state index < -0.39 is 0 Å². The Hall–Kier alpha value is -0.890. The van der Waals surface area contributed by atoms with Gasteiger partial charge in [0, 0.05) is 12.6 Å². The second-order valence-electron chi connectivity index (χ2n) is 4.14. The van der Waals surface area contributed by atoms with Crippen LogP contribution in [-0.4, -0.2) is 12.6 Å². The number of nitrogens with one attached hydrogen (secondary N) is 1. The maximum absolute atomic E-state index is 13.0. The summed E-state index contributed by atoms with van der Waals surface area (Å²) in [5.41, 5.74) is 1.13. The summed E-state index contributed by atoms with van der Waals surface area (Å²) in [6.07, 6.45) is 2.35. The maximum atomic E-state index is 13.0. The predicted molar refractivity (Wildman–Crippen MR) is 55.8 cm³/mol. The van der Waals surface area contributed by atoms with Crippen LogP contribution in [0.5, 0.6) is 0 Å². The van der Waals surface area contributed by atoms with Gasteiger partial charge in [-0.05, 0) is 43.4 Å². The lowest BCUT2D eigenvalue weighted by molar-refractivity contribution is 0.384. The van der Waals surface area contributed by atoms with Crippen LogP contribution in [0.4, 0.5) is 4.39 Å². The van der Waals surface area contributed by atoms with Gasteiger partial charge in [-0.25, -0.2) is 4.39 Å². The van der Waals surface area contributed by atoms with Gasteiger partial charge < -0.3 is 5.32 Å². The van der Waals surface area contributed by atoms with E-state index in [4.69, 9.17) is 0 Å².